The van der Waals surface area contributed by atoms with Gasteiger partial charge >= 0.3 is 0 Å². The molecule has 1 atom stereocenters. The molecule has 1 aliphatic carbocycles. The highest BCUT2D eigenvalue weighted by molar-refractivity contribution is 9.10. The van der Waals surface area contributed by atoms with Crippen molar-refractivity contribution in [3.05, 3.63) is 33.8 Å². The number of fused-ring (bicyclic) bond motifs is 1. The van der Waals surface area contributed by atoms with Crippen LogP contribution in [0, 0.1) is 0 Å². The summed E-state index contributed by atoms with van der Waals surface area (Å²) >= 11 is 3.57. The number of hydrogen-bond acceptors (Lipinski definition) is 1. The maximum atomic E-state index is 6.36. The zero-order chi connectivity index (χ0) is 12.1. The molecule has 0 aromatic heterocycles. The molecular formula is C15H19BrO. The maximum Gasteiger partial charge on any atom is 0.0734 e. The number of benzene rings is 1. The highest BCUT2D eigenvalue weighted by Crippen LogP contribution is 2.45. The van der Waals surface area contributed by atoms with Gasteiger partial charge in [-0.2, -0.15) is 0 Å². The molecule has 92 valence electrons. The number of rotatable bonds is 0. The van der Waals surface area contributed by atoms with Gasteiger partial charge in [0.25, 0.3) is 0 Å². The molecule has 0 radical (unpaired) electrons. The molecule has 0 unspecified atom stereocenters. The van der Waals surface area contributed by atoms with Crippen molar-refractivity contribution < 1.29 is 4.74 Å². The minimum atomic E-state index is 0.0729. The number of halogens is 1. The molecule has 1 aliphatic heterocycles. The quantitative estimate of drug-likeness (QED) is 0.694. The van der Waals surface area contributed by atoms with Crippen molar-refractivity contribution in [2.45, 2.75) is 57.2 Å². The molecule has 1 saturated heterocycles. The van der Waals surface area contributed by atoms with E-state index in [1.807, 2.05) is 0 Å². The van der Waals surface area contributed by atoms with Gasteiger partial charge in [-0.1, -0.05) is 22.0 Å². The largest absolute Gasteiger partial charge is 0.369 e. The zero-order valence-corrected chi connectivity index (χ0v) is 12.1. The summed E-state index contributed by atoms with van der Waals surface area (Å²) < 4.78 is 7.54. The van der Waals surface area contributed by atoms with Crippen LogP contribution in [0.4, 0.5) is 0 Å². The second kappa shape index (κ2) is 3.83. The fourth-order valence-electron chi connectivity index (χ4n) is 3.32. The van der Waals surface area contributed by atoms with Gasteiger partial charge in [0.2, 0.25) is 0 Å². The molecule has 1 aromatic carbocycles. The van der Waals surface area contributed by atoms with E-state index in [0.29, 0.717) is 0 Å². The zero-order valence-electron chi connectivity index (χ0n) is 10.6. The molecular weight excluding hydrogens is 276 g/mol. The lowest BCUT2D eigenvalue weighted by Gasteiger charge is -2.36. The summed E-state index contributed by atoms with van der Waals surface area (Å²) in [6.45, 7) is 4.44. The third-order valence-electron chi connectivity index (χ3n) is 4.21. The van der Waals surface area contributed by atoms with Crippen LogP contribution < -0.4 is 0 Å². The summed E-state index contributed by atoms with van der Waals surface area (Å²) in [5.41, 5.74) is 3.18. The Balaban J connectivity index is 1.90. The third-order valence-corrected chi connectivity index (χ3v) is 4.70. The molecule has 2 aliphatic rings. The minimum absolute atomic E-state index is 0.0729. The van der Waals surface area contributed by atoms with Crippen LogP contribution in [-0.2, 0) is 17.6 Å². The van der Waals surface area contributed by atoms with Gasteiger partial charge in [-0.25, -0.2) is 0 Å². The van der Waals surface area contributed by atoms with Crippen LogP contribution in [0.1, 0.15) is 44.2 Å². The van der Waals surface area contributed by atoms with Crippen molar-refractivity contribution in [1.82, 2.24) is 0 Å². The van der Waals surface area contributed by atoms with Gasteiger partial charge in [0.15, 0.2) is 0 Å². The van der Waals surface area contributed by atoms with E-state index in [1.54, 1.807) is 0 Å². The molecule has 1 aromatic rings. The summed E-state index contributed by atoms with van der Waals surface area (Å²) in [6, 6.07) is 6.67. The van der Waals surface area contributed by atoms with Crippen LogP contribution >= 0.6 is 15.9 Å². The summed E-state index contributed by atoms with van der Waals surface area (Å²) in [6.07, 6.45) is 5.84. The molecule has 1 fully saturated rings. The SMILES string of the molecule is CC1(C)CC[C@]2(CCc3ccc(Br)cc3C2)O1. The van der Waals surface area contributed by atoms with Gasteiger partial charge in [-0.3, -0.25) is 0 Å². The Bertz CT molecular complexity index is 452. The Morgan fingerprint density at radius 1 is 1.12 bits per heavy atom. The lowest BCUT2D eigenvalue weighted by Crippen LogP contribution is -2.37. The van der Waals surface area contributed by atoms with Gasteiger partial charge in [-0.05, 0) is 62.8 Å². The van der Waals surface area contributed by atoms with Crippen molar-refractivity contribution in [3.8, 4) is 0 Å². The first kappa shape index (κ1) is 11.7. The van der Waals surface area contributed by atoms with Gasteiger partial charge < -0.3 is 4.74 Å². The predicted molar refractivity (Wildman–Crippen MR) is 73.3 cm³/mol. The third kappa shape index (κ3) is 2.17. The monoisotopic (exact) mass is 294 g/mol. The van der Waals surface area contributed by atoms with Crippen molar-refractivity contribution in [1.29, 1.82) is 0 Å². The van der Waals surface area contributed by atoms with Crippen molar-refractivity contribution in [2.24, 2.45) is 0 Å². The average Bonchev–Trinajstić information content (AvgIpc) is 2.53. The second-order valence-corrected chi connectivity index (χ2v) is 7.05. The fourth-order valence-corrected chi connectivity index (χ4v) is 3.73. The Hall–Kier alpha value is -0.340. The van der Waals surface area contributed by atoms with E-state index in [0.717, 1.165) is 6.42 Å². The minimum Gasteiger partial charge on any atom is -0.369 e. The fraction of sp³-hybridized carbons (Fsp3) is 0.600. The van der Waals surface area contributed by atoms with Crippen molar-refractivity contribution in [3.63, 3.8) is 0 Å². The normalized spacial score (nSPS) is 30.5. The number of aryl methyl sites for hydroxylation is 1. The van der Waals surface area contributed by atoms with Crippen LogP contribution in [0.15, 0.2) is 22.7 Å². The smallest absolute Gasteiger partial charge is 0.0734 e. The molecule has 1 spiro atoms. The van der Waals surface area contributed by atoms with Gasteiger partial charge in [0, 0.05) is 10.9 Å². The van der Waals surface area contributed by atoms with E-state index in [1.165, 1.54) is 41.3 Å². The first-order chi connectivity index (χ1) is 7.98. The molecule has 0 saturated carbocycles. The van der Waals surface area contributed by atoms with E-state index in [-0.39, 0.29) is 11.2 Å². The highest BCUT2D eigenvalue weighted by atomic mass is 79.9. The Kier molecular flexibility index (Phi) is 2.64. The van der Waals surface area contributed by atoms with Gasteiger partial charge in [0.1, 0.15) is 0 Å². The van der Waals surface area contributed by atoms with Crippen LogP contribution in [-0.4, -0.2) is 11.2 Å². The highest BCUT2D eigenvalue weighted by Gasteiger charge is 2.45. The maximum absolute atomic E-state index is 6.36. The number of hydrogen-bond donors (Lipinski definition) is 0. The van der Waals surface area contributed by atoms with Crippen molar-refractivity contribution in [2.75, 3.05) is 0 Å². The van der Waals surface area contributed by atoms with E-state index in [4.69, 9.17) is 4.74 Å². The first-order valence-corrected chi connectivity index (χ1v) is 7.25. The molecule has 2 heteroatoms. The summed E-state index contributed by atoms with van der Waals surface area (Å²) in [4.78, 5) is 0. The second-order valence-electron chi connectivity index (χ2n) is 6.13. The Morgan fingerprint density at radius 2 is 1.94 bits per heavy atom. The molecule has 0 N–H and O–H groups in total. The van der Waals surface area contributed by atoms with E-state index >= 15 is 0 Å². The topological polar surface area (TPSA) is 9.23 Å². The predicted octanol–water partition coefficient (Wildman–Crippen LogP) is 4.27. The van der Waals surface area contributed by atoms with Crippen LogP contribution in [0.3, 0.4) is 0 Å². The lowest BCUT2D eigenvalue weighted by molar-refractivity contribution is -0.0918. The Morgan fingerprint density at radius 3 is 2.65 bits per heavy atom. The van der Waals surface area contributed by atoms with E-state index in [2.05, 4.69) is 48.0 Å². The molecule has 0 amide bonds. The van der Waals surface area contributed by atoms with E-state index < -0.39 is 0 Å². The summed E-state index contributed by atoms with van der Waals surface area (Å²) in [5, 5.41) is 0. The van der Waals surface area contributed by atoms with Crippen LogP contribution in [0.25, 0.3) is 0 Å². The molecule has 1 heterocycles. The standard InChI is InChI=1S/C15H19BrO/c1-14(2)7-8-15(17-14)6-5-11-3-4-13(16)9-12(11)10-15/h3-4,9H,5-8,10H2,1-2H3/t15-/m0/s1. The molecule has 3 rings (SSSR count). The van der Waals surface area contributed by atoms with Crippen molar-refractivity contribution >= 4 is 15.9 Å². The molecule has 0 bridgehead atoms. The Labute approximate surface area is 112 Å². The molecule has 17 heavy (non-hydrogen) atoms. The number of ether oxygens (including phenoxy) is 1. The van der Waals surface area contributed by atoms with Gasteiger partial charge in [0.05, 0.1) is 11.2 Å². The van der Waals surface area contributed by atoms with E-state index in [9.17, 15) is 0 Å². The van der Waals surface area contributed by atoms with Crippen LogP contribution in [0.5, 0.6) is 0 Å². The van der Waals surface area contributed by atoms with Crippen LogP contribution in [0.2, 0.25) is 0 Å². The summed E-state index contributed by atoms with van der Waals surface area (Å²) in [5.74, 6) is 0. The molecule has 1 nitrogen and oxygen atoms in total. The average molecular weight is 295 g/mol. The summed E-state index contributed by atoms with van der Waals surface area (Å²) in [7, 11) is 0. The van der Waals surface area contributed by atoms with Gasteiger partial charge in [-0.15, -0.1) is 0 Å². The lowest BCUT2D eigenvalue weighted by atomic mass is 9.79. The first-order valence-electron chi connectivity index (χ1n) is 6.46.